The minimum absolute atomic E-state index is 0.357. The van der Waals surface area contributed by atoms with Gasteiger partial charge >= 0.3 is 0 Å². The predicted molar refractivity (Wildman–Crippen MR) is 77.7 cm³/mol. The van der Waals surface area contributed by atoms with Crippen LogP contribution in [0.2, 0.25) is 0 Å². The van der Waals surface area contributed by atoms with E-state index in [4.69, 9.17) is 0 Å². The summed E-state index contributed by atoms with van der Waals surface area (Å²) in [5.74, 6) is 0. The van der Waals surface area contributed by atoms with Crippen LogP contribution in [0, 0.1) is 8.99 Å². The van der Waals surface area contributed by atoms with Gasteiger partial charge in [0.1, 0.15) is 0 Å². The summed E-state index contributed by atoms with van der Waals surface area (Å²) in [6, 6.07) is 9.71. The molecule has 2 heteroatoms. The molecule has 1 aromatic rings. The zero-order valence-corrected chi connectivity index (χ0v) is 12.3. The number of benzene rings is 1. The minimum atomic E-state index is 0.357. The SMILES string of the molecule is CC(C)(CNC1CC1)Cc1ccc(I)cc1. The van der Waals surface area contributed by atoms with E-state index >= 15 is 0 Å². The van der Waals surface area contributed by atoms with Gasteiger partial charge in [-0.3, -0.25) is 0 Å². The standard InChI is InChI=1S/C14H20IN/c1-14(2,10-16-13-7-8-13)9-11-3-5-12(15)6-4-11/h3-6,13,16H,7-10H2,1-2H3. The number of nitrogens with one attached hydrogen (secondary N) is 1. The van der Waals surface area contributed by atoms with Crippen molar-refractivity contribution in [3.63, 3.8) is 0 Å². The maximum absolute atomic E-state index is 3.63. The first-order valence-electron chi connectivity index (χ1n) is 6.03. The van der Waals surface area contributed by atoms with E-state index in [-0.39, 0.29) is 0 Å². The van der Waals surface area contributed by atoms with Crippen LogP contribution in [0.3, 0.4) is 0 Å². The second-order valence-corrected chi connectivity index (χ2v) is 6.87. The Kier molecular flexibility index (Phi) is 3.90. The fourth-order valence-corrected chi connectivity index (χ4v) is 2.29. The van der Waals surface area contributed by atoms with Gasteiger partial charge in [0.2, 0.25) is 0 Å². The van der Waals surface area contributed by atoms with Gasteiger partial charge in [0.15, 0.2) is 0 Å². The van der Waals surface area contributed by atoms with Gasteiger partial charge in [-0.2, -0.15) is 0 Å². The topological polar surface area (TPSA) is 12.0 Å². The van der Waals surface area contributed by atoms with Crippen LogP contribution < -0.4 is 5.32 Å². The monoisotopic (exact) mass is 329 g/mol. The summed E-state index contributed by atoms with van der Waals surface area (Å²) in [6.45, 7) is 5.82. The zero-order chi connectivity index (χ0) is 11.6. The second kappa shape index (κ2) is 5.05. The zero-order valence-electron chi connectivity index (χ0n) is 10.1. The molecule has 1 aliphatic rings. The van der Waals surface area contributed by atoms with Crippen LogP contribution in [0.1, 0.15) is 32.3 Å². The molecule has 1 N–H and O–H groups in total. The molecule has 0 saturated heterocycles. The third-order valence-electron chi connectivity index (χ3n) is 3.04. The van der Waals surface area contributed by atoms with Gasteiger partial charge in [-0.25, -0.2) is 0 Å². The van der Waals surface area contributed by atoms with Crippen LogP contribution in [-0.4, -0.2) is 12.6 Å². The van der Waals surface area contributed by atoms with Crippen LogP contribution in [0.25, 0.3) is 0 Å². The van der Waals surface area contributed by atoms with Crippen molar-refractivity contribution in [2.45, 2.75) is 39.2 Å². The van der Waals surface area contributed by atoms with Crippen molar-refractivity contribution in [2.24, 2.45) is 5.41 Å². The molecule has 16 heavy (non-hydrogen) atoms. The number of rotatable bonds is 5. The highest BCUT2D eigenvalue weighted by atomic mass is 127. The van der Waals surface area contributed by atoms with Crippen molar-refractivity contribution >= 4 is 22.6 Å². The maximum Gasteiger partial charge on any atom is 0.0130 e. The fraction of sp³-hybridized carbons (Fsp3) is 0.571. The number of halogens is 1. The lowest BCUT2D eigenvalue weighted by Gasteiger charge is -2.25. The van der Waals surface area contributed by atoms with Crippen LogP contribution in [0.4, 0.5) is 0 Å². The summed E-state index contributed by atoms with van der Waals surface area (Å²) in [7, 11) is 0. The van der Waals surface area contributed by atoms with E-state index in [1.54, 1.807) is 0 Å². The van der Waals surface area contributed by atoms with Gasteiger partial charge in [0, 0.05) is 16.2 Å². The van der Waals surface area contributed by atoms with Crippen molar-refractivity contribution < 1.29 is 0 Å². The number of hydrogen-bond donors (Lipinski definition) is 1. The largest absolute Gasteiger partial charge is 0.313 e. The van der Waals surface area contributed by atoms with Crippen molar-refractivity contribution in [1.82, 2.24) is 5.32 Å². The van der Waals surface area contributed by atoms with Gasteiger partial charge in [-0.1, -0.05) is 26.0 Å². The summed E-state index contributed by atoms with van der Waals surface area (Å²) in [5, 5.41) is 3.63. The molecule has 0 heterocycles. The average Bonchev–Trinajstić information content (AvgIpc) is 3.02. The predicted octanol–water partition coefficient (Wildman–Crippen LogP) is 3.61. The lowest BCUT2D eigenvalue weighted by Crippen LogP contribution is -2.32. The van der Waals surface area contributed by atoms with E-state index in [1.165, 1.54) is 22.0 Å². The summed E-state index contributed by atoms with van der Waals surface area (Å²) in [4.78, 5) is 0. The van der Waals surface area contributed by atoms with E-state index in [0.29, 0.717) is 5.41 Å². The Bertz CT molecular complexity index is 338. The van der Waals surface area contributed by atoms with Gasteiger partial charge in [0.25, 0.3) is 0 Å². The van der Waals surface area contributed by atoms with Gasteiger partial charge in [-0.15, -0.1) is 0 Å². The Morgan fingerprint density at radius 2 is 1.88 bits per heavy atom. The summed E-state index contributed by atoms with van der Waals surface area (Å²) in [6.07, 6.45) is 3.91. The first kappa shape index (κ1) is 12.4. The van der Waals surface area contributed by atoms with Crippen molar-refractivity contribution in [2.75, 3.05) is 6.54 Å². The minimum Gasteiger partial charge on any atom is -0.313 e. The van der Waals surface area contributed by atoms with Crippen LogP contribution in [0.5, 0.6) is 0 Å². The van der Waals surface area contributed by atoms with E-state index in [0.717, 1.165) is 19.0 Å². The van der Waals surface area contributed by atoms with Crippen molar-refractivity contribution in [3.8, 4) is 0 Å². The molecule has 2 rings (SSSR count). The maximum atomic E-state index is 3.63. The van der Waals surface area contributed by atoms with Crippen molar-refractivity contribution in [1.29, 1.82) is 0 Å². The molecular formula is C14H20IN. The highest BCUT2D eigenvalue weighted by molar-refractivity contribution is 14.1. The highest BCUT2D eigenvalue weighted by Gasteiger charge is 2.25. The smallest absolute Gasteiger partial charge is 0.0130 e. The molecule has 1 saturated carbocycles. The molecule has 1 fully saturated rings. The first-order chi connectivity index (χ1) is 7.55. The molecule has 0 bridgehead atoms. The van der Waals surface area contributed by atoms with Crippen molar-refractivity contribution in [3.05, 3.63) is 33.4 Å². The average molecular weight is 329 g/mol. The van der Waals surface area contributed by atoms with Gasteiger partial charge < -0.3 is 5.32 Å². The molecule has 0 spiro atoms. The molecule has 0 amide bonds. The van der Waals surface area contributed by atoms with E-state index in [9.17, 15) is 0 Å². The van der Waals surface area contributed by atoms with Crippen LogP contribution in [-0.2, 0) is 6.42 Å². The number of hydrogen-bond acceptors (Lipinski definition) is 1. The van der Waals surface area contributed by atoms with Crippen LogP contribution >= 0.6 is 22.6 Å². The third-order valence-corrected chi connectivity index (χ3v) is 3.76. The first-order valence-corrected chi connectivity index (χ1v) is 7.11. The van der Waals surface area contributed by atoms with E-state index < -0.39 is 0 Å². The lowest BCUT2D eigenvalue weighted by atomic mass is 9.85. The molecule has 1 nitrogen and oxygen atoms in total. The summed E-state index contributed by atoms with van der Waals surface area (Å²) >= 11 is 2.35. The highest BCUT2D eigenvalue weighted by Crippen LogP contribution is 2.25. The lowest BCUT2D eigenvalue weighted by molar-refractivity contribution is 0.337. The summed E-state index contributed by atoms with van der Waals surface area (Å²) in [5.41, 5.74) is 1.80. The molecule has 1 aliphatic carbocycles. The molecule has 0 aromatic heterocycles. The second-order valence-electron chi connectivity index (χ2n) is 5.62. The molecule has 0 aliphatic heterocycles. The fourth-order valence-electron chi connectivity index (χ4n) is 1.93. The Morgan fingerprint density at radius 3 is 2.44 bits per heavy atom. The molecule has 0 unspecified atom stereocenters. The van der Waals surface area contributed by atoms with Gasteiger partial charge in [0.05, 0.1) is 0 Å². The third kappa shape index (κ3) is 4.06. The summed E-state index contributed by atoms with van der Waals surface area (Å²) < 4.78 is 1.32. The normalized spacial score (nSPS) is 16.4. The Labute approximate surface area is 112 Å². The van der Waals surface area contributed by atoms with Gasteiger partial charge in [-0.05, 0) is 65.0 Å². The Hall–Kier alpha value is -0.0900. The molecular weight excluding hydrogens is 309 g/mol. The Morgan fingerprint density at radius 1 is 1.25 bits per heavy atom. The molecule has 1 aromatic carbocycles. The van der Waals surface area contributed by atoms with E-state index in [2.05, 4.69) is 66.0 Å². The van der Waals surface area contributed by atoms with Crippen LogP contribution in [0.15, 0.2) is 24.3 Å². The molecule has 0 atom stereocenters. The molecule has 0 radical (unpaired) electrons. The quantitative estimate of drug-likeness (QED) is 0.814. The Balaban J connectivity index is 1.87. The van der Waals surface area contributed by atoms with E-state index in [1.807, 2.05) is 0 Å². The molecule has 88 valence electrons.